The summed E-state index contributed by atoms with van der Waals surface area (Å²) in [6.45, 7) is 4.59. The number of nitrogens with zero attached hydrogens (tertiary/aromatic N) is 2. The number of ether oxygens (including phenoxy) is 1. The fraction of sp³-hybridized carbons (Fsp3) is 0.325. The Morgan fingerprint density at radius 3 is 2.19 bits per heavy atom. The van der Waals surface area contributed by atoms with Gasteiger partial charge in [-0.15, -0.1) is 11.3 Å². The second kappa shape index (κ2) is 19.1. The molecule has 300 valence electrons. The van der Waals surface area contributed by atoms with E-state index in [0.717, 1.165) is 11.3 Å². The minimum Gasteiger partial charge on any atom is -0.508 e. The highest BCUT2D eigenvalue weighted by molar-refractivity contribution is 7.17. The van der Waals surface area contributed by atoms with Crippen LogP contribution in [0.1, 0.15) is 49.0 Å². The van der Waals surface area contributed by atoms with E-state index in [2.05, 4.69) is 20.9 Å². The summed E-state index contributed by atoms with van der Waals surface area (Å²) in [5, 5.41) is 27.9. The van der Waals surface area contributed by atoms with E-state index < -0.39 is 78.0 Å². The maximum atomic E-state index is 14.5. The molecule has 4 aromatic rings. The van der Waals surface area contributed by atoms with Gasteiger partial charge in [0.05, 0.1) is 27.9 Å². The number of aromatic nitrogens is 1. The average molecular weight is 839 g/mol. The van der Waals surface area contributed by atoms with Gasteiger partial charge in [0, 0.05) is 31.5 Å². The number of hydrogen-bond acceptors (Lipinski definition) is 10. The number of likely N-dealkylation sites (tertiary alicyclic amines) is 1. The first-order valence-electron chi connectivity index (χ1n) is 17.9. The molecule has 14 nitrogen and oxygen atoms in total. The number of ketones is 1. The van der Waals surface area contributed by atoms with E-state index in [9.17, 15) is 39.0 Å². The second-order valence-corrected chi connectivity index (χ2v) is 15.6. The molecule has 5 N–H and O–H groups in total. The Hall–Kier alpha value is -5.51. The third-order valence-corrected chi connectivity index (χ3v) is 10.8. The van der Waals surface area contributed by atoms with Crippen molar-refractivity contribution in [3.63, 3.8) is 0 Å². The van der Waals surface area contributed by atoms with Crippen LogP contribution < -0.4 is 20.7 Å². The summed E-state index contributed by atoms with van der Waals surface area (Å²) in [5.41, 5.74) is 1.08. The highest BCUT2D eigenvalue weighted by Gasteiger charge is 2.45. The van der Waals surface area contributed by atoms with Crippen LogP contribution in [0.4, 0.5) is 0 Å². The Bertz CT molecular complexity index is 2100. The van der Waals surface area contributed by atoms with Gasteiger partial charge in [-0.2, -0.15) is 0 Å². The van der Waals surface area contributed by atoms with Crippen molar-refractivity contribution in [2.24, 2.45) is 5.92 Å². The number of rotatable bonds is 16. The maximum Gasteiger partial charge on any atom is 0.305 e. The summed E-state index contributed by atoms with van der Waals surface area (Å²) < 4.78 is 6.15. The molecule has 1 fully saturated rings. The van der Waals surface area contributed by atoms with Gasteiger partial charge in [0.2, 0.25) is 29.4 Å². The first-order valence-corrected chi connectivity index (χ1v) is 19.5. The van der Waals surface area contributed by atoms with Crippen LogP contribution in [0.3, 0.4) is 0 Å². The number of benzene rings is 3. The Kier molecular flexibility index (Phi) is 14.3. The molecule has 5 atom stereocenters. The molecule has 0 spiro atoms. The molecule has 1 saturated heterocycles. The zero-order chi connectivity index (χ0) is 41.4. The molecule has 4 amide bonds. The highest BCUT2D eigenvalue weighted by atomic mass is 35.5. The van der Waals surface area contributed by atoms with Crippen LogP contribution in [-0.4, -0.2) is 92.3 Å². The molecule has 5 rings (SSSR count). The summed E-state index contributed by atoms with van der Waals surface area (Å²) in [4.78, 5) is 86.1. The molecular formula is C40H41Cl2N5O9S. The van der Waals surface area contributed by atoms with Gasteiger partial charge >= 0.3 is 5.97 Å². The largest absolute Gasteiger partial charge is 0.508 e. The summed E-state index contributed by atoms with van der Waals surface area (Å²) in [7, 11) is 0. The van der Waals surface area contributed by atoms with Crippen LogP contribution in [0.5, 0.6) is 11.5 Å². The van der Waals surface area contributed by atoms with Gasteiger partial charge in [0.1, 0.15) is 41.8 Å². The number of halogens is 2. The van der Waals surface area contributed by atoms with Crippen molar-refractivity contribution in [2.75, 3.05) is 6.54 Å². The third kappa shape index (κ3) is 11.1. The van der Waals surface area contributed by atoms with Gasteiger partial charge in [0.25, 0.3) is 0 Å². The number of Topliss-reactive ketones (excluding diaryl/α,β-unsaturated/α-hetero) is 1. The van der Waals surface area contributed by atoms with Gasteiger partial charge in [-0.3, -0.25) is 28.8 Å². The van der Waals surface area contributed by atoms with Crippen molar-refractivity contribution >= 4 is 69.9 Å². The van der Waals surface area contributed by atoms with Gasteiger partial charge in [-0.05, 0) is 47.9 Å². The molecule has 3 aromatic carbocycles. The Morgan fingerprint density at radius 1 is 0.912 bits per heavy atom. The lowest BCUT2D eigenvalue weighted by atomic mass is 10.00. The van der Waals surface area contributed by atoms with Crippen LogP contribution in [0.15, 0.2) is 79.0 Å². The Labute approximate surface area is 342 Å². The number of thiazole rings is 1. The molecular weight excluding hydrogens is 797 g/mol. The number of hydrogen-bond donors (Lipinski definition) is 5. The number of phenolic OH excluding ortho intramolecular Hbond substituents is 1. The number of carboxylic acids is 1. The first kappa shape index (κ1) is 42.6. The first-order chi connectivity index (χ1) is 27.1. The van der Waals surface area contributed by atoms with E-state index in [4.69, 9.17) is 27.9 Å². The number of carboxylic acid groups (broad SMARTS) is 1. The van der Waals surface area contributed by atoms with Crippen LogP contribution in [0.2, 0.25) is 10.0 Å². The van der Waals surface area contributed by atoms with Crippen molar-refractivity contribution in [2.45, 2.75) is 70.3 Å². The number of carbonyl (C=O) groups is 6. The van der Waals surface area contributed by atoms with Crippen molar-refractivity contribution < 1.29 is 43.7 Å². The summed E-state index contributed by atoms with van der Waals surface area (Å²) in [5.74, 6) is -4.72. The predicted molar refractivity (Wildman–Crippen MR) is 213 cm³/mol. The Balaban J connectivity index is 1.40. The maximum absolute atomic E-state index is 14.5. The number of nitrogens with one attached hydrogen (secondary N) is 3. The minimum atomic E-state index is -1.57. The SMILES string of the molecule is CC(=O)NC(Cc1ccc(O)cc1)C(=O)NC(C(=O)N1CC(Oc2ccccc2)CC1C(=O)NC(CC(=O)O)C(=O)c1ncc(-c2c(Cl)cccc2Cl)s1)C(C)C. The van der Waals surface area contributed by atoms with Gasteiger partial charge in [-0.25, -0.2) is 4.98 Å². The van der Waals surface area contributed by atoms with Crippen molar-refractivity contribution in [1.82, 2.24) is 25.8 Å². The topological polar surface area (TPSA) is 204 Å². The molecule has 0 saturated carbocycles. The van der Waals surface area contributed by atoms with Crippen molar-refractivity contribution in [3.05, 3.63) is 99.6 Å². The van der Waals surface area contributed by atoms with Gasteiger partial charge < -0.3 is 35.8 Å². The second-order valence-electron chi connectivity index (χ2n) is 13.8. The smallest absolute Gasteiger partial charge is 0.305 e. The zero-order valence-electron chi connectivity index (χ0n) is 31.1. The normalized spacial score (nSPS) is 16.6. The van der Waals surface area contributed by atoms with E-state index >= 15 is 0 Å². The molecule has 0 aliphatic carbocycles. The molecule has 5 unspecified atom stereocenters. The standard InChI is InChI=1S/C40H41Cl2N5O9S/c1-21(2)35(46-37(53)30(44-22(3)48)16-23-12-14-24(49)15-13-23)40(55)47-20-26(56-25-8-5-4-6-9-25)17-31(47)38(54)45-29(18-33(50)51)36(52)39-43-19-32(57-39)34-27(41)10-7-11-28(34)42/h4-15,19,21,26,29-31,35,49H,16-18,20H2,1-3H3,(H,44,48)(H,45,54)(H,46,53)(H,50,51). The molecule has 0 radical (unpaired) electrons. The Morgan fingerprint density at radius 2 is 1.58 bits per heavy atom. The number of para-hydroxylation sites is 1. The number of amides is 4. The highest BCUT2D eigenvalue weighted by Crippen LogP contribution is 2.38. The lowest BCUT2D eigenvalue weighted by molar-refractivity contribution is -0.143. The molecule has 1 aliphatic heterocycles. The van der Waals surface area contributed by atoms with Crippen LogP contribution >= 0.6 is 34.5 Å². The van der Waals surface area contributed by atoms with Gasteiger partial charge in [0.15, 0.2) is 5.01 Å². The molecule has 17 heteroatoms. The minimum absolute atomic E-state index is 0.0262. The molecule has 1 aromatic heterocycles. The van der Waals surface area contributed by atoms with Crippen molar-refractivity contribution in [3.8, 4) is 21.9 Å². The number of aliphatic carboxylic acids is 1. The van der Waals surface area contributed by atoms with Crippen LogP contribution in [0.25, 0.3) is 10.4 Å². The molecule has 2 heterocycles. The van der Waals surface area contributed by atoms with E-state index in [1.807, 2.05) is 0 Å². The van der Waals surface area contributed by atoms with Crippen molar-refractivity contribution in [1.29, 1.82) is 0 Å². The fourth-order valence-electron chi connectivity index (χ4n) is 6.37. The summed E-state index contributed by atoms with van der Waals surface area (Å²) >= 11 is 13.6. The van der Waals surface area contributed by atoms with E-state index in [1.54, 1.807) is 74.5 Å². The van der Waals surface area contributed by atoms with E-state index in [0.29, 0.717) is 31.8 Å². The van der Waals surface area contributed by atoms with E-state index in [1.165, 1.54) is 30.2 Å². The monoisotopic (exact) mass is 837 g/mol. The third-order valence-electron chi connectivity index (χ3n) is 9.13. The molecule has 1 aliphatic rings. The number of carbonyl (C=O) groups excluding carboxylic acids is 5. The quantitative estimate of drug-likeness (QED) is 0.0966. The fourth-order valence-corrected chi connectivity index (χ4v) is 8.07. The van der Waals surface area contributed by atoms with Crippen LogP contribution in [0, 0.1) is 5.92 Å². The average Bonchev–Trinajstić information content (AvgIpc) is 3.81. The lowest BCUT2D eigenvalue weighted by Gasteiger charge is -2.31. The molecule has 0 bridgehead atoms. The number of aromatic hydroxyl groups is 1. The molecule has 57 heavy (non-hydrogen) atoms. The number of phenols is 1. The summed E-state index contributed by atoms with van der Waals surface area (Å²) in [6.07, 6.45) is -0.0755. The van der Waals surface area contributed by atoms with Crippen LogP contribution in [-0.2, 0) is 30.4 Å². The lowest BCUT2D eigenvalue weighted by Crippen LogP contribution is -2.59. The zero-order valence-corrected chi connectivity index (χ0v) is 33.4. The van der Waals surface area contributed by atoms with E-state index in [-0.39, 0.29) is 30.1 Å². The van der Waals surface area contributed by atoms with Gasteiger partial charge in [-0.1, -0.05) is 73.4 Å². The predicted octanol–water partition coefficient (Wildman–Crippen LogP) is 4.90. The summed E-state index contributed by atoms with van der Waals surface area (Å²) in [6, 6.07) is 14.7.